The lowest BCUT2D eigenvalue weighted by molar-refractivity contribution is 0.166. The van der Waals surface area contributed by atoms with Gasteiger partial charge in [-0.05, 0) is 51.1 Å². The molecule has 0 aliphatic carbocycles. The van der Waals surface area contributed by atoms with Crippen LogP contribution in [0.25, 0.3) is 0 Å². The summed E-state index contributed by atoms with van der Waals surface area (Å²) in [6.45, 7) is 9.33. The molecule has 0 aromatic rings. The summed E-state index contributed by atoms with van der Waals surface area (Å²) >= 11 is 4.47. The number of piperidine rings is 1. The zero-order valence-corrected chi connectivity index (χ0v) is 10.1. The first-order valence-electron chi connectivity index (χ1n) is 5.51. The zero-order chi connectivity index (χ0) is 9.84. The lowest BCUT2D eigenvalue weighted by Gasteiger charge is -2.34. The van der Waals surface area contributed by atoms with Crippen molar-refractivity contribution in [2.75, 3.05) is 13.1 Å². The van der Waals surface area contributed by atoms with Crippen LogP contribution in [0.15, 0.2) is 0 Å². The number of likely N-dealkylation sites (tertiary alicyclic amines) is 1. The number of thiol groups is 1. The van der Waals surface area contributed by atoms with Crippen LogP contribution in [0.5, 0.6) is 0 Å². The van der Waals surface area contributed by atoms with Crippen LogP contribution in [0.2, 0.25) is 0 Å². The monoisotopic (exact) mass is 201 g/mol. The molecule has 0 saturated carbocycles. The van der Waals surface area contributed by atoms with Crippen molar-refractivity contribution in [1.82, 2.24) is 4.90 Å². The van der Waals surface area contributed by atoms with Crippen LogP contribution >= 0.6 is 12.6 Å². The van der Waals surface area contributed by atoms with Gasteiger partial charge in [0.1, 0.15) is 0 Å². The first kappa shape index (κ1) is 11.4. The SMILES string of the molecule is CC(C)CC1CCN(C(C)S)CC1. The zero-order valence-electron chi connectivity index (χ0n) is 9.16. The van der Waals surface area contributed by atoms with Gasteiger partial charge in [0.05, 0.1) is 0 Å². The Morgan fingerprint density at radius 3 is 2.15 bits per heavy atom. The minimum absolute atomic E-state index is 0.444. The maximum atomic E-state index is 4.47. The minimum Gasteiger partial charge on any atom is -0.292 e. The molecule has 1 heterocycles. The largest absolute Gasteiger partial charge is 0.292 e. The average Bonchev–Trinajstić information content (AvgIpc) is 2.04. The van der Waals surface area contributed by atoms with E-state index in [2.05, 4.69) is 38.3 Å². The Bertz CT molecular complexity index is 137. The number of rotatable bonds is 3. The van der Waals surface area contributed by atoms with Crippen molar-refractivity contribution < 1.29 is 0 Å². The summed E-state index contributed by atoms with van der Waals surface area (Å²) in [5, 5.41) is 0.444. The summed E-state index contributed by atoms with van der Waals surface area (Å²) in [6, 6.07) is 0. The van der Waals surface area contributed by atoms with Gasteiger partial charge >= 0.3 is 0 Å². The molecule has 1 unspecified atom stereocenters. The summed E-state index contributed by atoms with van der Waals surface area (Å²) in [5.74, 6) is 1.84. The van der Waals surface area contributed by atoms with Crippen molar-refractivity contribution >= 4 is 12.6 Å². The Morgan fingerprint density at radius 1 is 1.23 bits per heavy atom. The average molecular weight is 201 g/mol. The Kier molecular flexibility index (Phi) is 4.60. The molecule has 0 spiro atoms. The van der Waals surface area contributed by atoms with E-state index in [-0.39, 0.29) is 0 Å². The van der Waals surface area contributed by atoms with E-state index in [1.807, 2.05) is 0 Å². The van der Waals surface area contributed by atoms with Gasteiger partial charge in [-0.3, -0.25) is 4.90 Å². The Balaban J connectivity index is 2.22. The third-order valence-electron chi connectivity index (χ3n) is 2.98. The molecule has 0 amide bonds. The van der Waals surface area contributed by atoms with Crippen molar-refractivity contribution in [2.45, 2.75) is 45.4 Å². The molecule has 0 aromatic carbocycles. The second-order valence-electron chi connectivity index (χ2n) is 4.74. The van der Waals surface area contributed by atoms with Crippen molar-refractivity contribution in [3.8, 4) is 0 Å². The molecule has 1 atom stereocenters. The van der Waals surface area contributed by atoms with Gasteiger partial charge in [0, 0.05) is 5.37 Å². The highest BCUT2D eigenvalue weighted by molar-refractivity contribution is 7.80. The molecule has 13 heavy (non-hydrogen) atoms. The molecule has 1 nitrogen and oxygen atoms in total. The van der Waals surface area contributed by atoms with Crippen LogP contribution in [-0.4, -0.2) is 23.4 Å². The maximum absolute atomic E-state index is 4.47. The van der Waals surface area contributed by atoms with E-state index in [0.29, 0.717) is 5.37 Å². The highest BCUT2D eigenvalue weighted by Crippen LogP contribution is 2.25. The molecule has 0 bridgehead atoms. The van der Waals surface area contributed by atoms with E-state index in [9.17, 15) is 0 Å². The van der Waals surface area contributed by atoms with E-state index in [1.54, 1.807) is 0 Å². The first-order valence-corrected chi connectivity index (χ1v) is 6.03. The minimum atomic E-state index is 0.444. The Hall–Kier alpha value is 0.310. The van der Waals surface area contributed by atoms with Gasteiger partial charge < -0.3 is 0 Å². The van der Waals surface area contributed by atoms with Crippen LogP contribution in [0, 0.1) is 11.8 Å². The van der Waals surface area contributed by atoms with Crippen molar-refractivity contribution in [2.24, 2.45) is 11.8 Å². The Labute approximate surface area is 88.3 Å². The molecule has 1 aliphatic rings. The molecule has 0 aromatic heterocycles. The van der Waals surface area contributed by atoms with E-state index in [4.69, 9.17) is 0 Å². The Morgan fingerprint density at radius 2 is 1.77 bits per heavy atom. The topological polar surface area (TPSA) is 3.24 Å². The fraction of sp³-hybridized carbons (Fsp3) is 1.00. The van der Waals surface area contributed by atoms with E-state index >= 15 is 0 Å². The standard InChI is InChI=1S/C11H23NS/c1-9(2)8-11-4-6-12(7-5-11)10(3)13/h9-11,13H,4-8H2,1-3H3. The molecular weight excluding hydrogens is 178 g/mol. The molecule has 2 heteroatoms. The number of hydrogen-bond donors (Lipinski definition) is 1. The highest BCUT2D eigenvalue weighted by atomic mass is 32.1. The molecule has 78 valence electrons. The van der Waals surface area contributed by atoms with Gasteiger partial charge in [-0.1, -0.05) is 13.8 Å². The molecule has 0 radical (unpaired) electrons. The van der Waals surface area contributed by atoms with Crippen molar-refractivity contribution in [3.63, 3.8) is 0 Å². The van der Waals surface area contributed by atoms with Gasteiger partial charge in [0.25, 0.3) is 0 Å². The van der Waals surface area contributed by atoms with Crippen molar-refractivity contribution in [3.05, 3.63) is 0 Å². The van der Waals surface area contributed by atoms with E-state index in [0.717, 1.165) is 11.8 Å². The molecule has 1 rings (SSSR count). The number of hydrogen-bond acceptors (Lipinski definition) is 2. The summed E-state index contributed by atoms with van der Waals surface area (Å²) in [7, 11) is 0. The summed E-state index contributed by atoms with van der Waals surface area (Å²) < 4.78 is 0. The number of nitrogens with zero attached hydrogens (tertiary/aromatic N) is 1. The predicted octanol–water partition coefficient (Wildman–Crippen LogP) is 3.02. The third-order valence-corrected chi connectivity index (χ3v) is 3.31. The van der Waals surface area contributed by atoms with Gasteiger partial charge in [-0.15, -0.1) is 0 Å². The quantitative estimate of drug-likeness (QED) is 0.687. The summed E-state index contributed by atoms with van der Waals surface area (Å²) in [6.07, 6.45) is 4.17. The van der Waals surface area contributed by atoms with Crippen LogP contribution in [0.4, 0.5) is 0 Å². The van der Waals surface area contributed by atoms with E-state index in [1.165, 1.54) is 32.4 Å². The van der Waals surface area contributed by atoms with Crippen LogP contribution in [0.1, 0.15) is 40.0 Å². The lowest BCUT2D eigenvalue weighted by Crippen LogP contribution is -2.37. The van der Waals surface area contributed by atoms with Gasteiger partial charge in [0.15, 0.2) is 0 Å². The highest BCUT2D eigenvalue weighted by Gasteiger charge is 2.21. The molecule has 1 aliphatic heterocycles. The second-order valence-corrected chi connectivity index (χ2v) is 5.49. The van der Waals surface area contributed by atoms with Crippen LogP contribution in [0.3, 0.4) is 0 Å². The summed E-state index contributed by atoms with van der Waals surface area (Å²) in [4.78, 5) is 2.47. The first-order chi connectivity index (χ1) is 6.09. The van der Waals surface area contributed by atoms with Gasteiger partial charge in [0.2, 0.25) is 0 Å². The summed E-state index contributed by atoms with van der Waals surface area (Å²) in [5.41, 5.74) is 0. The fourth-order valence-corrected chi connectivity index (χ4v) is 2.46. The lowest BCUT2D eigenvalue weighted by atomic mass is 9.89. The smallest absolute Gasteiger partial charge is 0.0499 e. The van der Waals surface area contributed by atoms with Crippen LogP contribution in [-0.2, 0) is 0 Å². The molecule has 1 saturated heterocycles. The molecular formula is C11H23NS. The molecule has 0 N–H and O–H groups in total. The third kappa shape index (κ3) is 3.90. The van der Waals surface area contributed by atoms with Gasteiger partial charge in [-0.2, -0.15) is 12.6 Å². The van der Waals surface area contributed by atoms with Crippen LogP contribution < -0.4 is 0 Å². The second kappa shape index (κ2) is 5.26. The van der Waals surface area contributed by atoms with E-state index < -0.39 is 0 Å². The predicted molar refractivity (Wildman–Crippen MR) is 62.2 cm³/mol. The normalized spacial score (nSPS) is 23.8. The van der Waals surface area contributed by atoms with Gasteiger partial charge in [-0.25, -0.2) is 0 Å². The molecule has 1 fully saturated rings. The van der Waals surface area contributed by atoms with Crippen molar-refractivity contribution in [1.29, 1.82) is 0 Å². The fourth-order valence-electron chi connectivity index (χ4n) is 2.23. The maximum Gasteiger partial charge on any atom is 0.0499 e.